The summed E-state index contributed by atoms with van der Waals surface area (Å²) in [5.41, 5.74) is 0.885. The molecule has 136 valence electrons. The maximum absolute atomic E-state index is 10.9. The molecule has 0 bridgehead atoms. The van der Waals surface area contributed by atoms with Crippen LogP contribution in [-0.2, 0) is 9.22 Å². The van der Waals surface area contributed by atoms with E-state index in [9.17, 15) is 4.79 Å². The van der Waals surface area contributed by atoms with Gasteiger partial charge in [0, 0.05) is 0 Å². The van der Waals surface area contributed by atoms with Gasteiger partial charge in [0.25, 0.3) is 8.32 Å². The minimum Gasteiger partial charge on any atom is -0.397 e. The van der Waals surface area contributed by atoms with Crippen LogP contribution in [0.25, 0.3) is 0 Å². The summed E-state index contributed by atoms with van der Waals surface area (Å²) < 4.78 is 6.93. The molecule has 0 aliphatic heterocycles. The van der Waals surface area contributed by atoms with Gasteiger partial charge >= 0.3 is 0 Å². The van der Waals surface area contributed by atoms with Gasteiger partial charge in [0.15, 0.2) is 0 Å². The summed E-state index contributed by atoms with van der Waals surface area (Å²) in [5, 5.41) is 2.31. The lowest BCUT2D eigenvalue weighted by molar-refractivity contribution is -0.104. The maximum Gasteiger partial charge on any atom is 0.262 e. The second kappa shape index (κ2) is 8.43. The standard InChI is InChI=1S/C23H28O2Si/c1-19(2)22(17-12-18-24)25-26(23(3,4)5,20-13-8-6-9-14-20)21-15-10-7-11-16-21/h6-18,22H,1H2,2-5H3/b17-12+. The number of hydrogen-bond acceptors (Lipinski definition) is 2. The smallest absolute Gasteiger partial charge is 0.262 e. The number of carbonyl (C=O) groups excluding carboxylic acids is 1. The Morgan fingerprint density at radius 3 is 1.81 bits per heavy atom. The minimum absolute atomic E-state index is 0.113. The van der Waals surface area contributed by atoms with Crippen LogP contribution in [0.15, 0.2) is 85.0 Å². The Morgan fingerprint density at radius 2 is 1.46 bits per heavy atom. The van der Waals surface area contributed by atoms with Crippen LogP contribution in [0.3, 0.4) is 0 Å². The lowest BCUT2D eigenvalue weighted by Crippen LogP contribution is -2.67. The summed E-state index contributed by atoms with van der Waals surface area (Å²) in [6, 6.07) is 20.9. The highest BCUT2D eigenvalue weighted by Gasteiger charge is 2.51. The lowest BCUT2D eigenvalue weighted by atomic mass is 10.2. The molecule has 0 N–H and O–H groups in total. The molecule has 2 aromatic rings. The molecule has 26 heavy (non-hydrogen) atoms. The zero-order chi connectivity index (χ0) is 19.2. The monoisotopic (exact) mass is 364 g/mol. The van der Waals surface area contributed by atoms with Crippen LogP contribution in [0.2, 0.25) is 5.04 Å². The molecule has 0 saturated carbocycles. The fourth-order valence-electron chi connectivity index (χ4n) is 3.33. The fraction of sp³-hybridized carbons (Fsp3) is 0.261. The van der Waals surface area contributed by atoms with E-state index in [1.807, 2.05) is 19.1 Å². The third-order valence-electron chi connectivity index (χ3n) is 4.57. The molecule has 2 aromatic carbocycles. The van der Waals surface area contributed by atoms with E-state index in [4.69, 9.17) is 4.43 Å². The Kier molecular flexibility index (Phi) is 6.51. The Morgan fingerprint density at radius 1 is 1.00 bits per heavy atom. The van der Waals surface area contributed by atoms with Gasteiger partial charge in [0.05, 0.1) is 6.10 Å². The van der Waals surface area contributed by atoms with Crippen molar-refractivity contribution >= 4 is 25.0 Å². The van der Waals surface area contributed by atoms with Crippen molar-refractivity contribution in [3.05, 3.63) is 85.0 Å². The largest absolute Gasteiger partial charge is 0.397 e. The Labute approximate surface area is 158 Å². The van der Waals surface area contributed by atoms with Gasteiger partial charge in [-0.2, -0.15) is 0 Å². The van der Waals surface area contributed by atoms with Crippen molar-refractivity contribution < 1.29 is 9.22 Å². The molecule has 0 aromatic heterocycles. The number of hydrogen-bond donors (Lipinski definition) is 0. The molecule has 2 nitrogen and oxygen atoms in total. The quantitative estimate of drug-likeness (QED) is 0.317. The molecule has 0 saturated heterocycles. The van der Waals surface area contributed by atoms with Gasteiger partial charge in [-0.1, -0.05) is 88.0 Å². The van der Waals surface area contributed by atoms with Gasteiger partial charge in [0.1, 0.15) is 6.29 Å². The van der Waals surface area contributed by atoms with Crippen LogP contribution in [0, 0.1) is 0 Å². The maximum atomic E-state index is 10.9. The van der Waals surface area contributed by atoms with Crippen molar-refractivity contribution in [1.82, 2.24) is 0 Å². The third kappa shape index (κ3) is 4.11. The first-order valence-electron chi connectivity index (χ1n) is 8.89. The van der Waals surface area contributed by atoms with E-state index in [-0.39, 0.29) is 11.1 Å². The van der Waals surface area contributed by atoms with Crippen LogP contribution in [-0.4, -0.2) is 20.7 Å². The number of carbonyl (C=O) groups is 1. The molecule has 0 amide bonds. The average molecular weight is 365 g/mol. The highest BCUT2D eigenvalue weighted by molar-refractivity contribution is 6.99. The Hall–Kier alpha value is -2.23. The molecule has 1 atom stereocenters. The number of aldehydes is 1. The molecule has 1 unspecified atom stereocenters. The van der Waals surface area contributed by atoms with Crippen molar-refractivity contribution in [2.45, 2.75) is 38.8 Å². The van der Waals surface area contributed by atoms with E-state index in [1.165, 1.54) is 16.4 Å². The Bertz CT molecular complexity index is 718. The van der Waals surface area contributed by atoms with Crippen molar-refractivity contribution in [2.24, 2.45) is 0 Å². The highest BCUT2D eigenvalue weighted by Crippen LogP contribution is 2.38. The van der Waals surface area contributed by atoms with Crippen LogP contribution >= 0.6 is 0 Å². The van der Waals surface area contributed by atoms with Crippen LogP contribution in [0.4, 0.5) is 0 Å². The van der Waals surface area contributed by atoms with Crippen molar-refractivity contribution in [1.29, 1.82) is 0 Å². The summed E-state index contributed by atoms with van der Waals surface area (Å²) in [6.07, 6.45) is 3.77. The molecule has 0 fully saturated rings. The average Bonchev–Trinajstić information content (AvgIpc) is 2.62. The van der Waals surface area contributed by atoms with Gasteiger partial charge in [-0.25, -0.2) is 0 Å². The topological polar surface area (TPSA) is 26.3 Å². The fourth-order valence-corrected chi connectivity index (χ4v) is 8.01. The molecular weight excluding hydrogens is 336 g/mol. The molecule has 0 heterocycles. The summed E-state index contributed by atoms with van der Waals surface area (Å²) >= 11 is 0. The van der Waals surface area contributed by atoms with E-state index >= 15 is 0 Å². The highest BCUT2D eigenvalue weighted by atomic mass is 28.4. The predicted molar refractivity (Wildman–Crippen MR) is 113 cm³/mol. The van der Waals surface area contributed by atoms with Crippen molar-refractivity contribution in [3.8, 4) is 0 Å². The molecule has 2 rings (SSSR count). The molecule has 0 aliphatic carbocycles. The lowest BCUT2D eigenvalue weighted by Gasteiger charge is -2.45. The van der Waals surface area contributed by atoms with E-state index < -0.39 is 8.32 Å². The summed E-state index contributed by atoms with van der Waals surface area (Å²) in [4.78, 5) is 10.9. The molecular formula is C23H28O2Si. The minimum atomic E-state index is -2.65. The van der Waals surface area contributed by atoms with Gasteiger partial charge in [0.2, 0.25) is 0 Å². The SMILES string of the molecule is C=C(C)C(/C=C/C=O)O[Si](c1ccccc1)(c1ccccc1)C(C)(C)C. The summed E-state index contributed by atoms with van der Waals surface area (Å²) in [6.45, 7) is 12.7. The van der Waals surface area contributed by atoms with Gasteiger partial charge in [-0.05, 0) is 40.1 Å². The second-order valence-electron chi connectivity index (χ2n) is 7.57. The van der Waals surface area contributed by atoms with Gasteiger partial charge in [-0.15, -0.1) is 0 Å². The zero-order valence-corrected chi connectivity index (χ0v) is 17.1. The third-order valence-corrected chi connectivity index (χ3v) is 9.58. The normalized spacial score (nSPS) is 13.5. The Balaban J connectivity index is 2.73. The van der Waals surface area contributed by atoms with E-state index in [2.05, 4.69) is 75.9 Å². The van der Waals surface area contributed by atoms with E-state index in [0.717, 1.165) is 11.9 Å². The van der Waals surface area contributed by atoms with Crippen molar-refractivity contribution in [2.75, 3.05) is 0 Å². The summed E-state index contributed by atoms with van der Waals surface area (Å²) in [7, 11) is -2.65. The summed E-state index contributed by atoms with van der Waals surface area (Å²) in [5.74, 6) is 0. The molecule has 3 heteroatoms. The predicted octanol–water partition coefficient (Wildman–Crippen LogP) is 4.26. The van der Waals surface area contributed by atoms with Crippen LogP contribution in [0.1, 0.15) is 27.7 Å². The van der Waals surface area contributed by atoms with Crippen molar-refractivity contribution in [3.63, 3.8) is 0 Å². The second-order valence-corrected chi connectivity index (χ2v) is 11.8. The van der Waals surface area contributed by atoms with E-state index in [0.29, 0.717) is 0 Å². The number of allylic oxidation sites excluding steroid dienone is 1. The van der Waals surface area contributed by atoms with E-state index in [1.54, 1.807) is 6.08 Å². The molecule has 0 radical (unpaired) electrons. The first kappa shape index (κ1) is 20.1. The molecule has 0 spiro atoms. The van der Waals surface area contributed by atoms with Gasteiger partial charge < -0.3 is 4.43 Å². The number of benzene rings is 2. The van der Waals surface area contributed by atoms with Gasteiger partial charge in [-0.3, -0.25) is 4.79 Å². The first-order chi connectivity index (χ1) is 12.3. The number of rotatable bonds is 7. The van der Waals surface area contributed by atoms with Crippen LogP contribution < -0.4 is 10.4 Å². The first-order valence-corrected chi connectivity index (χ1v) is 10.8. The van der Waals surface area contributed by atoms with Crippen LogP contribution in [0.5, 0.6) is 0 Å². The zero-order valence-electron chi connectivity index (χ0n) is 16.1. The molecule has 0 aliphatic rings.